The summed E-state index contributed by atoms with van der Waals surface area (Å²) in [4.78, 5) is 32.6. The molecule has 3 aromatic rings. The highest BCUT2D eigenvalue weighted by Crippen LogP contribution is 2.40. The summed E-state index contributed by atoms with van der Waals surface area (Å²) in [6, 6.07) is 17.9. The van der Waals surface area contributed by atoms with Gasteiger partial charge in [0.2, 0.25) is 11.8 Å². The molecule has 1 spiro atoms. The molecule has 166 valence electrons. The molecule has 2 N–H and O–H groups in total. The first kappa shape index (κ1) is 20.7. The van der Waals surface area contributed by atoms with Crippen LogP contribution in [-0.2, 0) is 29.6 Å². The molecule has 0 saturated carbocycles. The van der Waals surface area contributed by atoms with Gasteiger partial charge in [-0.2, -0.15) is 0 Å². The molecule has 0 radical (unpaired) electrons. The van der Waals surface area contributed by atoms with Crippen LogP contribution in [0.25, 0.3) is 11.0 Å². The quantitative estimate of drug-likeness (QED) is 0.626. The van der Waals surface area contributed by atoms with E-state index in [1.807, 2.05) is 49.5 Å². The van der Waals surface area contributed by atoms with E-state index in [1.165, 1.54) is 5.56 Å². The highest BCUT2D eigenvalue weighted by Gasteiger charge is 2.52. The molecule has 2 fully saturated rings. The fourth-order valence-electron chi connectivity index (χ4n) is 5.13. The molecule has 3 heterocycles. The maximum atomic E-state index is 12.8. The van der Waals surface area contributed by atoms with E-state index in [0.29, 0.717) is 25.9 Å². The van der Waals surface area contributed by atoms with E-state index in [9.17, 15) is 9.59 Å². The fourth-order valence-corrected chi connectivity index (χ4v) is 5.13. The summed E-state index contributed by atoms with van der Waals surface area (Å²) in [5.74, 6) is 0.852. The number of hydrogen-bond acceptors (Lipinski definition) is 4. The minimum absolute atomic E-state index is 0.0172. The number of carbonyl (C=O) groups is 2. The molecule has 7 nitrogen and oxygen atoms in total. The first-order chi connectivity index (χ1) is 15.5. The number of nitrogens with zero attached hydrogens (tertiary/aromatic N) is 3. The van der Waals surface area contributed by atoms with Gasteiger partial charge in [0, 0.05) is 33.1 Å². The Morgan fingerprint density at radius 2 is 1.97 bits per heavy atom. The van der Waals surface area contributed by atoms with Crippen molar-refractivity contribution < 1.29 is 9.59 Å². The molecule has 32 heavy (non-hydrogen) atoms. The largest absolute Gasteiger partial charge is 0.354 e. The Balaban J connectivity index is 1.15. The van der Waals surface area contributed by atoms with Gasteiger partial charge in [-0.3, -0.25) is 14.5 Å². The topological polar surface area (TPSA) is 79.3 Å². The van der Waals surface area contributed by atoms with Crippen LogP contribution in [0.15, 0.2) is 54.6 Å². The highest BCUT2D eigenvalue weighted by molar-refractivity contribution is 5.94. The summed E-state index contributed by atoms with van der Waals surface area (Å²) in [7, 11) is 1.99. The second-order valence-electron chi connectivity index (χ2n) is 9.07. The van der Waals surface area contributed by atoms with E-state index in [2.05, 4.69) is 37.2 Å². The number of amides is 2. The Morgan fingerprint density at radius 3 is 2.78 bits per heavy atom. The molecule has 1 aromatic heterocycles. The van der Waals surface area contributed by atoms with Crippen LogP contribution >= 0.6 is 0 Å². The van der Waals surface area contributed by atoms with Crippen LogP contribution in [0.1, 0.15) is 24.2 Å². The minimum atomic E-state index is -0.459. The molecular weight excluding hydrogens is 402 g/mol. The predicted molar refractivity (Wildman–Crippen MR) is 123 cm³/mol. The Morgan fingerprint density at radius 1 is 1.19 bits per heavy atom. The van der Waals surface area contributed by atoms with Crippen molar-refractivity contribution in [1.82, 2.24) is 25.1 Å². The van der Waals surface area contributed by atoms with Crippen LogP contribution in [0.3, 0.4) is 0 Å². The molecule has 2 aliphatic rings. The Kier molecular flexibility index (Phi) is 5.43. The zero-order valence-corrected chi connectivity index (χ0v) is 18.4. The maximum absolute atomic E-state index is 12.8. The summed E-state index contributed by atoms with van der Waals surface area (Å²) >= 11 is 0. The Hall–Kier alpha value is -3.19. The molecule has 2 aliphatic heterocycles. The number of aromatic nitrogens is 2. The minimum Gasteiger partial charge on any atom is -0.354 e. The normalized spacial score (nSPS) is 23.2. The standard InChI is InChI=1S/C25H29N5O2/c1-29-21-10-6-5-9-19(21)27-22(29)11-13-26-23(31)20-15-25(24(32)28-20)12-14-30(17-25)16-18-7-3-2-4-8-18/h2-10,20H,11-17H2,1H3,(H,26,31)(H,28,32)/t20-,25-/m0/s1. The van der Waals surface area contributed by atoms with Crippen molar-refractivity contribution in [3.8, 4) is 0 Å². The van der Waals surface area contributed by atoms with E-state index in [1.54, 1.807) is 0 Å². The van der Waals surface area contributed by atoms with Crippen LogP contribution in [0.5, 0.6) is 0 Å². The molecule has 7 heteroatoms. The van der Waals surface area contributed by atoms with Gasteiger partial charge in [-0.05, 0) is 37.1 Å². The number of benzene rings is 2. The Bertz CT molecular complexity index is 1140. The number of aryl methyl sites for hydroxylation is 1. The lowest BCUT2D eigenvalue weighted by Gasteiger charge is -2.21. The molecule has 2 saturated heterocycles. The molecule has 2 aromatic carbocycles. The van der Waals surface area contributed by atoms with Gasteiger partial charge in [-0.15, -0.1) is 0 Å². The van der Waals surface area contributed by atoms with Gasteiger partial charge in [0.05, 0.1) is 16.4 Å². The van der Waals surface area contributed by atoms with E-state index < -0.39 is 11.5 Å². The molecule has 5 rings (SSSR count). The van der Waals surface area contributed by atoms with Gasteiger partial charge in [0.1, 0.15) is 11.9 Å². The highest BCUT2D eigenvalue weighted by atomic mass is 16.2. The zero-order chi connectivity index (χ0) is 22.1. The van der Waals surface area contributed by atoms with Gasteiger partial charge in [-0.25, -0.2) is 4.98 Å². The smallest absolute Gasteiger partial charge is 0.242 e. The maximum Gasteiger partial charge on any atom is 0.242 e. The lowest BCUT2D eigenvalue weighted by Crippen LogP contribution is -2.42. The lowest BCUT2D eigenvalue weighted by molar-refractivity contribution is -0.128. The number of imidazole rings is 1. The van der Waals surface area contributed by atoms with Crippen molar-refractivity contribution in [2.24, 2.45) is 12.5 Å². The summed E-state index contributed by atoms with van der Waals surface area (Å²) < 4.78 is 2.06. The molecule has 0 bridgehead atoms. The van der Waals surface area contributed by atoms with Crippen molar-refractivity contribution in [3.63, 3.8) is 0 Å². The van der Waals surface area contributed by atoms with Gasteiger partial charge in [0.25, 0.3) is 0 Å². The van der Waals surface area contributed by atoms with Crippen LogP contribution in [0.4, 0.5) is 0 Å². The third-order valence-corrected chi connectivity index (χ3v) is 6.91. The fraction of sp³-hybridized carbons (Fsp3) is 0.400. The number of carbonyl (C=O) groups excluding carboxylic acids is 2. The number of para-hydroxylation sites is 2. The summed E-state index contributed by atoms with van der Waals surface area (Å²) in [5, 5.41) is 5.96. The average Bonchev–Trinajstić information content (AvgIpc) is 3.46. The van der Waals surface area contributed by atoms with Crippen LogP contribution < -0.4 is 10.6 Å². The van der Waals surface area contributed by atoms with E-state index in [4.69, 9.17) is 0 Å². The first-order valence-electron chi connectivity index (χ1n) is 11.3. The van der Waals surface area contributed by atoms with Gasteiger partial charge in [0.15, 0.2) is 0 Å². The van der Waals surface area contributed by atoms with Gasteiger partial charge >= 0.3 is 0 Å². The van der Waals surface area contributed by atoms with Gasteiger partial charge in [-0.1, -0.05) is 42.5 Å². The number of likely N-dealkylation sites (tertiary alicyclic amines) is 1. The van der Waals surface area contributed by atoms with Crippen LogP contribution in [-0.4, -0.2) is 51.9 Å². The molecule has 0 aliphatic carbocycles. The number of nitrogens with one attached hydrogen (secondary N) is 2. The predicted octanol–water partition coefficient (Wildman–Crippen LogP) is 2.01. The molecular formula is C25H29N5O2. The Labute approximate surface area is 187 Å². The monoisotopic (exact) mass is 431 g/mol. The SMILES string of the molecule is Cn1c(CCNC(=O)[C@@H]2C[C@]3(CCN(Cc4ccccc4)C3)C(=O)N2)nc2ccccc21. The van der Waals surface area contributed by atoms with E-state index in [0.717, 1.165) is 36.4 Å². The second-order valence-corrected chi connectivity index (χ2v) is 9.07. The lowest BCUT2D eigenvalue weighted by atomic mass is 9.84. The van der Waals surface area contributed by atoms with Crippen molar-refractivity contribution in [2.45, 2.75) is 31.8 Å². The van der Waals surface area contributed by atoms with Gasteiger partial charge < -0.3 is 15.2 Å². The zero-order valence-electron chi connectivity index (χ0n) is 18.4. The van der Waals surface area contributed by atoms with Crippen molar-refractivity contribution in [2.75, 3.05) is 19.6 Å². The number of fused-ring (bicyclic) bond motifs is 1. The molecule has 0 unspecified atom stereocenters. The summed E-state index contributed by atoms with van der Waals surface area (Å²) in [6.45, 7) is 2.92. The summed E-state index contributed by atoms with van der Waals surface area (Å²) in [6.07, 6.45) is 2.01. The van der Waals surface area contributed by atoms with Crippen molar-refractivity contribution in [1.29, 1.82) is 0 Å². The second kappa shape index (κ2) is 8.39. The average molecular weight is 432 g/mol. The van der Waals surface area contributed by atoms with E-state index >= 15 is 0 Å². The van der Waals surface area contributed by atoms with Crippen molar-refractivity contribution in [3.05, 3.63) is 66.0 Å². The first-order valence-corrected chi connectivity index (χ1v) is 11.3. The third kappa shape index (κ3) is 3.88. The molecule has 2 atom stereocenters. The number of rotatable bonds is 6. The van der Waals surface area contributed by atoms with Crippen molar-refractivity contribution >= 4 is 22.8 Å². The van der Waals surface area contributed by atoms with Crippen LogP contribution in [0, 0.1) is 5.41 Å². The number of hydrogen-bond donors (Lipinski definition) is 2. The van der Waals surface area contributed by atoms with Crippen LogP contribution in [0.2, 0.25) is 0 Å². The molecule has 2 amide bonds. The summed E-state index contributed by atoms with van der Waals surface area (Å²) in [5.41, 5.74) is 2.84. The van der Waals surface area contributed by atoms with E-state index in [-0.39, 0.29) is 11.8 Å². The third-order valence-electron chi connectivity index (χ3n) is 6.91.